The summed E-state index contributed by atoms with van der Waals surface area (Å²) in [4.78, 5) is 24.5. The number of hydrogen-bond donors (Lipinski definition) is 0. The van der Waals surface area contributed by atoms with Gasteiger partial charge in [-0.3, -0.25) is 9.59 Å². The quantitative estimate of drug-likeness (QED) is 0.535. The van der Waals surface area contributed by atoms with Gasteiger partial charge in [-0.25, -0.2) is 0 Å². The Bertz CT molecular complexity index is 730. The second kappa shape index (κ2) is 7.95. The largest absolute Gasteiger partial charge is 0.454 e. The highest BCUT2D eigenvalue weighted by atomic mass is 16.6. The normalized spacial score (nSPS) is 11.8. The van der Waals surface area contributed by atoms with E-state index in [0.717, 1.165) is 22.3 Å². The summed E-state index contributed by atoms with van der Waals surface area (Å²) in [6.07, 6.45) is -0.426. The van der Waals surface area contributed by atoms with Crippen LogP contribution in [0.25, 0.3) is 0 Å². The molecule has 2 rings (SSSR count). The van der Waals surface area contributed by atoms with Crippen LogP contribution in [0.15, 0.2) is 48.5 Å². The molecular weight excluding hydrogens is 340 g/mol. The van der Waals surface area contributed by atoms with Crippen molar-refractivity contribution in [3.8, 4) is 0 Å². The minimum Gasteiger partial charge on any atom is -0.454 e. The zero-order chi connectivity index (χ0) is 20.2. The lowest BCUT2D eigenvalue weighted by atomic mass is 9.97. The van der Waals surface area contributed by atoms with Gasteiger partial charge in [0.05, 0.1) is 0 Å². The molecule has 0 aromatic heterocycles. The van der Waals surface area contributed by atoms with Crippen LogP contribution in [-0.2, 0) is 30.3 Å². The Kier molecular flexibility index (Phi) is 6.09. The van der Waals surface area contributed by atoms with Gasteiger partial charge in [0.2, 0.25) is 0 Å². The predicted molar refractivity (Wildman–Crippen MR) is 105 cm³/mol. The number of carbonyl (C=O) groups is 2. The summed E-state index contributed by atoms with van der Waals surface area (Å²) in [6.45, 7) is 11.2. The zero-order valence-electron chi connectivity index (χ0n) is 17.0. The molecular formula is C23H28O4. The number of rotatable bonds is 6. The van der Waals surface area contributed by atoms with Gasteiger partial charge in [0, 0.05) is 0 Å². The molecule has 0 unspecified atom stereocenters. The van der Waals surface area contributed by atoms with Gasteiger partial charge in [-0.05, 0) is 52.7 Å². The molecule has 0 aliphatic carbocycles. The number of carbonyl (C=O) groups excluding carboxylic acids is 2. The van der Waals surface area contributed by atoms with Gasteiger partial charge in [0.15, 0.2) is 0 Å². The van der Waals surface area contributed by atoms with Gasteiger partial charge >= 0.3 is 11.9 Å². The van der Waals surface area contributed by atoms with E-state index in [1.165, 1.54) is 0 Å². The van der Waals surface area contributed by atoms with Crippen molar-refractivity contribution in [2.45, 2.75) is 59.2 Å². The third kappa shape index (κ3) is 5.68. The Balaban J connectivity index is 1.97. The first-order chi connectivity index (χ1) is 12.5. The lowest BCUT2D eigenvalue weighted by Gasteiger charge is -2.27. The first kappa shape index (κ1) is 20.7. The van der Waals surface area contributed by atoms with Crippen molar-refractivity contribution in [2.24, 2.45) is 0 Å². The average Bonchev–Trinajstić information content (AvgIpc) is 2.54. The molecule has 0 radical (unpaired) electrons. The van der Waals surface area contributed by atoms with Crippen LogP contribution in [0.3, 0.4) is 0 Å². The maximum absolute atomic E-state index is 12.3. The van der Waals surface area contributed by atoms with E-state index in [2.05, 4.69) is 0 Å². The van der Waals surface area contributed by atoms with Crippen molar-refractivity contribution in [3.63, 3.8) is 0 Å². The topological polar surface area (TPSA) is 52.6 Å². The molecule has 0 atom stereocenters. The van der Waals surface area contributed by atoms with E-state index in [9.17, 15) is 9.59 Å². The first-order valence-corrected chi connectivity index (χ1v) is 9.07. The van der Waals surface area contributed by atoms with Gasteiger partial charge in [0.25, 0.3) is 0 Å². The Morgan fingerprint density at radius 1 is 0.667 bits per heavy atom. The molecule has 0 aliphatic rings. The number of aryl methyl sites for hydroxylation is 2. The third-order valence-electron chi connectivity index (χ3n) is 4.52. The molecule has 0 saturated carbocycles. The van der Waals surface area contributed by atoms with Crippen molar-refractivity contribution < 1.29 is 19.1 Å². The summed E-state index contributed by atoms with van der Waals surface area (Å²) >= 11 is 0. The van der Waals surface area contributed by atoms with E-state index in [4.69, 9.17) is 9.47 Å². The van der Waals surface area contributed by atoms with Crippen LogP contribution >= 0.6 is 0 Å². The maximum Gasteiger partial charge on any atom is 0.318 e. The van der Waals surface area contributed by atoms with Crippen molar-refractivity contribution in [1.29, 1.82) is 0 Å². The molecule has 2 aromatic carbocycles. The van der Waals surface area contributed by atoms with Crippen molar-refractivity contribution in [3.05, 3.63) is 70.8 Å². The summed E-state index contributed by atoms with van der Waals surface area (Å²) < 4.78 is 11.1. The molecule has 4 heteroatoms. The zero-order valence-corrected chi connectivity index (χ0v) is 17.0. The van der Waals surface area contributed by atoms with Crippen LogP contribution in [0.5, 0.6) is 0 Å². The fourth-order valence-corrected chi connectivity index (χ4v) is 2.79. The van der Waals surface area contributed by atoms with Gasteiger partial charge < -0.3 is 9.47 Å². The summed E-state index contributed by atoms with van der Waals surface area (Å²) in [6, 6.07) is 15.5. The molecule has 0 amide bonds. The molecule has 0 bridgehead atoms. The standard InChI is InChI=1S/C23H28O4/c1-16-7-11-18(12-8-16)22(3,4)26-20(24)15-21(25)27-23(5,6)19-13-9-17(2)10-14-19/h7-14H,15H2,1-6H3. The lowest BCUT2D eigenvalue weighted by molar-refractivity contribution is -0.169. The molecule has 0 spiro atoms. The second-order valence-corrected chi connectivity index (χ2v) is 7.88. The number of hydrogen-bond acceptors (Lipinski definition) is 4. The molecule has 27 heavy (non-hydrogen) atoms. The summed E-state index contributed by atoms with van der Waals surface area (Å²) in [5.74, 6) is -1.21. The van der Waals surface area contributed by atoms with Crippen molar-refractivity contribution in [2.75, 3.05) is 0 Å². The monoisotopic (exact) mass is 368 g/mol. The molecule has 144 valence electrons. The lowest BCUT2D eigenvalue weighted by Crippen LogP contribution is -2.30. The van der Waals surface area contributed by atoms with Crippen LogP contribution in [0, 0.1) is 13.8 Å². The van der Waals surface area contributed by atoms with Gasteiger partial charge in [-0.15, -0.1) is 0 Å². The van der Waals surface area contributed by atoms with E-state index in [1.807, 2.05) is 62.4 Å². The molecule has 0 aliphatic heterocycles. The number of esters is 2. The van der Waals surface area contributed by atoms with Crippen LogP contribution in [-0.4, -0.2) is 11.9 Å². The van der Waals surface area contributed by atoms with Gasteiger partial charge in [0.1, 0.15) is 17.6 Å². The molecule has 4 nitrogen and oxygen atoms in total. The first-order valence-electron chi connectivity index (χ1n) is 9.07. The van der Waals surface area contributed by atoms with E-state index in [0.29, 0.717) is 0 Å². The van der Waals surface area contributed by atoms with Gasteiger partial charge in [-0.2, -0.15) is 0 Å². The van der Waals surface area contributed by atoms with Crippen LogP contribution < -0.4 is 0 Å². The minimum atomic E-state index is -0.822. The maximum atomic E-state index is 12.3. The fraction of sp³-hybridized carbons (Fsp3) is 0.391. The van der Waals surface area contributed by atoms with Crippen molar-refractivity contribution in [1.82, 2.24) is 0 Å². The summed E-state index contributed by atoms with van der Waals surface area (Å²) in [5, 5.41) is 0. The van der Waals surface area contributed by atoms with E-state index >= 15 is 0 Å². The molecule has 0 heterocycles. The highest BCUT2D eigenvalue weighted by Gasteiger charge is 2.30. The van der Waals surface area contributed by atoms with Gasteiger partial charge in [-0.1, -0.05) is 59.7 Å². The second-order valence-electron chi connectivity index (χ2n) is 7.88. The SMILES string of the molecule is Cc1ccc(C(C)(C)OC(=O)CC(=O)OC(C)(C)c2ccc(C)cc2)cc1. The molecule has 0 N–H and O–H groups in total. The Morgan fingerprint density at radius 3 is 1.26 bits per heavy atom. The van der Waals surface area contributed by atoms with Crippen molar-refractivity contribution >= 4 is 11.9 Å². The molecule has 2 aromatic rings. The van der Waals surface area contributed by atoms with E-state index in [1.54, 1.807) is 27.7 Å². The van der Waals surface area contributed by atoms with Crippen LogP contribution in [0.2, 0.25) is 0 Å². The molecule has 0 fully saturated rings. The highest BCUT2D eigenvalue weighted by Crippen LogP contribution is 2.27. The van der Waals surface area contributed by atoms with Crippen LogP contribution in [0.4, 0.5) is 0 Å². The smallest absolute Gasteiger partial charge is 0.318 e. The predicted octanol–water partition coefficient (Wildman–Crippen LogP) is 4.95. The van der Waals surface area contributed by atoms with E-state index < -0.39 is 29.6 Å². The highest BCUT2D eigenvalue weighted by molar-refractivity contribution is 5.91. The Morgan fingerprint density at radius 2 is 0.963 bits per heavy atom. The summed E-state index contributed by atoms with van der Waals surface area (Å²) in [7, 11) is 0. The fourth-order valence-electron chi connectivity index (χ4n) is 2.79. The molecule has 0 saturated heterocycles. The Labute approximate surface area is 161 Å². The number of benzene rings is 2. The third-order valence-corrected chi connectivity index (χ3v) is 4.52. The average molecular weight is 368 g/mol. The van der Waals surface area contributed by atoms with Crippen LogP contribution in [0.1, 0.15) is 56.4 Å². The number of ether oxygens (including phenoxy) is 2. The Hall–Kier alpha value is -2.62. The van der Waals surface area contributed by atoms with E-state index in [-0.39, 0.29) is 0 Å². The minimum absolute atomic E-state index is 0.426. The summed E-state index contributed by atoms with van der Waals surface area (Å²) in [5.41, 5.74) is 2.35.